The van der Waals surface area contributed by atoms with E-state index in [1.54, 1.807) is 49.6 Å². The van der Waals surface area contributed by atoms with E-state index >= 15 is 0 Å². The van der Waals surface area contributed by atoms with Crippen molar-refractivity contribution in [2.45, 2.75) is 4.90 Å². The molecule has 0 unspecified atom stereocenters. The largest absolute Gasteiger partial charge is 0.497 e. The molecule has 5 aromatic rings. The molecule has 0 aliphatic heterocycles. The van der Waals surface area contributed by atoms with E-state index in [9.17, 15) is 8.42 Å². The number of aromatic nitrogens is 2. The molecule has 0 saturated carbocycles. The van der Waals surface area contributed by atoms with Gasteiger partial charge in [-0.15, -0.1) is 0 Å². The van der Waals surface area contributed by atoms with Gasteiger partial charge in [0.25, 0.3) is 10.0 Å². The first-order valence-electron chi connectivity index (χ1n) is 10.2. The third kappa shape index (κ3) is 3.88. The van der Waals surface area contributed by atoms with Gasteiger partial charge in [0, 0.05) is 17.0 Å². The van der Waals surface area contributed by atoms with Crippen LogP contribution in [0.3, 0.4) is 0 Å². The summed E-state index contributed by atoms with van der Waals surface area (Å²) < 4.78 is 33.5. The fourth-order valence-corrected chi connectivity index (χ4v) is 5.47. The average Bonchev–Trinajstić information content (AvgIpc) is 3.17. The van der Waals surface area contributed by atoms with Gasteiger partial charge in [0.2, 0.25) is 0 Å². The van der Waals surface area contributed by atoms with Crippen LogP contribution in [0, 0.1) is 0 Å². The van der Waals surface area contributed by atoms with Crippen molar-refractivity contribution < 1.29 is 13.2 Å². The minimum Gasteiger partial charge on any atom is -0.497 e. The van der Waals surface area contributed by atoms with Gasteiger partial charge in [-0.3, -0.25) is 0 Å². The van der Waals surface area contributed by atoms with E-state index < -0.39 is 10.0 Å². The predicted molar refractivity (Wildman–Crippen MR) is 133 cm³/mol. The van der Waals surface area contributed by atoms with Crippen LogP contribution in [0.25, 0.3) is 34.1 Å². The molecule has 0 amide bonds. The highest BCUT2D eigenvalue weighted by Gasteiger charge is 2.24. The van der Waals surface area contributed by atoms with E-state index in [0.717, 1.165) is 22.3 Å². The number of nitrogens with zero attached hydrogens (tertiary/aromatic N) is 2. The fourth-order valence-electron chi connectivity index (χ4n) is 3.80. The Morgan fingerprint density at radius 2 is 1.58 bits per heavy atom. The molecule has 0 fully saturated rings. The second kappa shape index (κ2) is 8.39. The molecule has 2 heterocycles. The van der Waals surface area contributed by atoms with Crippen LogP contribution >= 0.6 is 11.6 Å². The Kier molecular flexibility index (Phi) is 5.40. The lowest BCUT2D eigenvalue weighted by Gasteiger charge is -2.08. The second-order valence-corrected chi connectivity index (χ2v) is 9.71. The van der Waals surface area contributed by atoms with E-state index in [4.69, 9.17) is 16.3 Å². The molecule has 0 bridgehead atoms. The molecular weight excluding hydrogens is 456 g/mol. The molecule has 0 aliphatic rings. The topological polar surface area (TPSA) is 61.2 Å². The Morgan fingerprint density at radius 1 is 0.879 bits per heavy atom. The van der Waals surface area contributed by atoms with Crippen molar-refractivity contribution in [3.05, 3.63) is 101 Å². The maximum Gasteiger partial charge on any atom is 0.269 e. The first kappa shape index (κ1) is 21.2. The number of hydrogen-bond acceptors (Lipinski definition) is 4. The molecule has 7 heteroatoms. The molecular formula is C26H19ClN2O3S. The quantitative estimate of drug-likeness (QED) is 0.282. The number of halogens is 1. The summed E-state index contributed by atoms with van der Waals surface area (Å²) in [5.74, 6) is 0.797. The molecule has 0 aliphatic carbocycles. The van der Waals surface area contributed by atoms with Gasteiger partial charge in [-0.1, -0.05) is 60.2 Å². The highest BCUT2D eigenvalue weighted by molar-refractivity contribution is 7.90. The van der Waals surface area contributed by atoms with E-state index in [1.807, 2.05) is 48.6 Å². The lowest BCUT2D eigenvalue weighted by atomic mass is 10.1. The summed E-state index contributed by atoms with van der Waals surface area (Å²) in [5, 5.41) is 1.88. The number of ether oxygens (including phenoxy) is 1. The van der Waals surface area contributed by atoms with Crippen LogP contribution in [0.5, 0.6) is 5.75 Å². The summed E-state index contributed by atoms with van der Waals surface area (Å²) in [6.45, 7) is 0. The molecule has 0 spiro atoms. The first-order valence-corrected chi connectivity index (χ1v) is 12.0. The molecule has 0 saturated heterocycles. The Bertz CT molecular complexity index is 1610. The van der Waals surface area contributed by atoms with Crippen LogP contribution in [-0.4, -0.2) is 24.5 Å². The van der Waals surface area contributed by atoms with Crippen molar-refractivity contribution in [3.8, 4) is 5.75 Å². The predicted octanol–water partition coefficient (Wildman–Crippen LogP) is 6.26. The lowest BCUT2D eigenvalue weighted by Crippen LogP contribution is -2.13. The molecule has 164 valence electrons. The summed E-state index contributed by atoms with van der Waals surface area (Å²) >= 11 is 6.22. The molecule has 5 rings (SSSR count). The first-order chi connectivity index (χ1) is 16.0. The summed E-state index contributed by atoms with van der Waals surface area (Å²) in [5.41, 5.74) is 2.84. The van der Waals surface area contributed by atoms with Gasteiger partial charge in [-0.2, -0.15) is 0 Å². The summed E-state index contributed by atoms with van der Waals surface area (Å²) in [6.07, 6.45) is 5.43. The molecule has 5 nitrogen and oxygen atoms in total. The Morgan fingerprint density at radius 3 is 2.30 bits per heavy atom. The van der Waals surface area contributed by atoms with Gasteiger partial charge in [0.05, 0.1) is 22.5 Å². The van der Waals surface area contributed by atoms with Crippen LogP contribution in [0.1, 0.15) is 11.1 Å². The van der Waals surface area contributed by atoms with Gasteiger partial charge < -0.3 is 4.74 Å². The molecule has 0 radical (unpaired) electrons. The van der Waals surface area contributed by atoms with Gasteiger partial charge in [-0.25, -0.2) is 17.4 Å². The van der Waals surface area contributed by atoms with Crippen molar-refractivity contribution >= 4 is 55.7 Å². The van der Waals surface area contributed by atoms with Crippen molar-refractivity contribution in [2.75, 3.05) is 7.11 Å². The minimum atomic E-state index is -3.86. The zero-order valence-electron chi connectivity index (χ0n) is 17.6. The van der Waals surface area contributed by atoms with Crippen molar-refractivity contribution in [2.24, 2.45) is 0 Å². The number of pyridine rings is 1. The number of benzene rings is 3. The van der Waals surface area contributed by atoms with Crippen molar-refractivity contribution in [1.29, 1.82) is 0 Å². The number of hydrogen-bond donors (Lipinski definition) is 0. The van der Waals surface area contributed by atoms with Gasteiger partial charge in [-0.05, 0) is 53.6 Å². The van der Waals surface area contributed by atoms with Crippen LogP contribution in [0.15, 0.2) is 90.0 Å². The summed E-state index contributed by atoms with van der Waals surface area (Å²) in [4.78, 5) is 4.57. The number of fused-ring (bicyclic) bond motifs is 3. The molecule has 2 aromatic heterocycles. The molecule has 3 aromatic carbocycles. The maximum atomic E-state index is 13.5. The fraction of sp³-hybridized carbons (Fsp3) is 0.0385. The highest BCUT2D eigenvalue weighted by Crippen LogP contribution is 2.33. The molecule has 33 heavy (non-hydrogen) atoms. The van der Waals surface area contributed by atoms with Crippen LogP contribution < -0.4 is 4.74 Å². The highest BCUT2D eigenvalue weighted by atomic mass is 35.5. The average molecular weight is 475 g/mol. The number of rotatable bonds is 5. The second-order valence-electron chi connectivity index (χ2n) is 7.49. The minimum absolute atomic E-state index is 0.198. The maximum absolute atomic E-state index is 13.5. The van der Waals surface area contributed by atoms with Crippen LogP contribution in [0.2, 0.25) is 5.02 Å². The van der Waals surface area contributed by atoms with E-state index in [1.165, 1.54) is 10.2 Å². The van der Waals surface area contributed by atoms with Gasteiger partial charge >= 0.3 is 0 Å². The van der Waals surface area contributed by atoms with Crippen LogP contribution in [0.4, 0.5) is 0 Å². The molecule has 0 N–H and O–H groups in total. The lowest BCUT2D eigenvalue weighted by molar-refractivity contribution is 0.415. The van der Waals surface area contributed by atoms with Crippen LogP contribution in [-0.2, 0) is 10.0 Å². The van der Waals surface area contributed by atoms with E-state index in [-0.39, 0.29) is 4.90 Å². The summed E-state index contributed by atoms with van der Waals surface area (Å²) in [7, 11) is -2.22. The molecule has 0 atom stereocenters. The van der Waals surface area contributed by atoms with Crippen molar-refractivity contribution in [3.63, 3.8) is 0 Å². The van der Waals surface area contributed by atoms with E-state index in [2.05, 4.69) is 4.98 Å². The Hall–Kier alpha value is -3.61. The monoisotopic (exact) mass is 474 g/mol. The zero-order valence-corrected chi connectivity index (χ0v) is 19.2. The van der Waals surface area contributed by atoms with Gasteiger partial charge in [0.1, 0.15) is 5.75 Å². The standard InChI is InChI=1S/C26H19ClN2O3S/c1-32-21-12-9-18(10-13-21)7-8-19-11-14-25-23(15-19)24-16-20(27)17-28-26(24)29(25)33(30,31)22-5-3-2-4-6-22/h2-17H,1H3/b8-7+. The van der Waals surface area contributed by atoms with Crippen molar-refractivity contribution in [1.82, 2.24) is 8.96 Å². The summed E-state index contributed by atoms with van der Waals surface area (Å²) in [6, 6.07) is 23.5. The van der Waals surface area contributed by atoms with E-state index in [0.29, 0.717) is 21.6 Å². The third-order valence-corrected chi connectivity index (χ3v) is 7.35. The zero-order chi connectivity index (χ0) is 23.0. The Labute approximate surface area is 196 Å². The van der Waals surface area contributed by atoms with Gasteiger partial charge in [0.15, 0.2) is 5.65 Å². The SMILES string of the molecule is COc1ccc(/C=C/c2ccc3c(c2)c2cc(Cl)cnc2n3S(=O)(=O)c2ccccc2)cc1. The normalized spacial score (nSPS) is 12.1. The third-order valence-electron chi connectivity index (χ3n) is 5.42. The smallest absolute Gasteiger partial charge is 0.269 e. The Balaban J connectivity index is 1.67. The number of methoxy groups -OCH3 is 1.